The van der Waals surface area contributed by atoms with Crippen molar-refractivity contribution in [2.45, 2.75) is 26.0 Å². The van der Waals surface area contributed by atoms with Crippen LogP contribution in [0.5, 0.6) is 0 Å². The molecule has 0 saturated carbocycles. The number of nitrogens with zero attached hydrogens (tertiary/aromatic N) is 4. The Morgan fingerprint density at radius 3 is 2.65 bits per heavy atom. The first-order valence-corrected chi connectivity index (χ1v) is 5.66. The monoisotopic (exact) mass is 252 g/mol. The van der Waals surface area contributed by atoms with Gasteiger partial charge in [0.1, 0.15) is 6.10 Å². The van der Waals surface area contributed by atoms with Crippen molar-refractivity contribution < 1.29 is 5.11 Å². The van der Waals surface area contributed by atoms with Crippen LogP contribution in [0.4, 0.5) is 0 Å². The molecule has 1 N–H and O–H groups in total. The van der Waals surface area contributed by atoms with E-state index < -0.39 is 6.10 Å². The molecule has 0 aliphatic rings. The van der Waals surface area contributed by atoms with Crippen LogP contribution in [0.1, 0.15) is 37.4 Å². The molecule has 0 fully saturated rings. The van der Waals surface area contributed by atoms with Crippen molar-refractivity contribution in [2.24, 2.45) is 0 Å². The average molecular weight is 253 g/mol. The van der Waals surface area contributed by atoms with Gasteiger partial charge in [-0.05, 0) is 13.8 Å². The maximum atomic E-state index is 10.2. The summed E-state index contributed by atoms with van der Waals surface area (Å²) in [7, 11) is 0. The summed E-state index contributed by atoms with van der Waals surface area (Å²) >= 11 is 6.04. The van der Waals surface area contributed by atoms with E-state index in [0.29, 0.717) is 16.4 Å². The molecule has 0 radical (unpaired) electrons. The van der Waals surface area contributed by atoms with Crippen molar-refractivity contribution in [2.75, 3.05) is 0 Å². The quantitative estimate of drug-likeness (QED) is 0.907. The SMILES string of the molecule is CC(C)n1ncc(Cl)c1C(O)c1cnccn1. The highest BCUT2D eigenvalue weighted by Crippen LogP contribution is 2.28. The Morgan fingerprint density at radius 2 is 2.06 bits per heavy atom. The zero-order chi connectivity index (χ0) is 12.4. The molecule has 0 aliphatic heterocycles. The highest BCUT2D eigenvalue weighted by molar-refractivity contribution is 6.31. The zero-order valence-electron chi connectivity index (χ0n) is 9.58. The Hall–Kier alpha value is -1.46. The summed E-state index contributed by atoms with van der Waals surface area (Å²) in [6.07, 6.45) is 5.20. The van der Waals surface area contributed by atoms with E-state index in [2.05, 4.69) is 15.1 Å². The molecule has 2 heterocycles. The smallest absolute Gasteiger partial charge is 0.141 e. The number of hydrogen-bond donors (Lipinski definition) is 1. The number of aromatic nitrogens is 4. The second-order valence-corrected chi connectivity index (χ2v) is 4.36. The Labute approximate surface area is 104 Å². The third-order valence-corrected chi connectivity index (χ3v) is 2.69. The standard InChI is InChI=1S/C11H13ClN4O/c1-7(2)16-10(8(12)5-15-16)11(17)9-6-13-3-4-14-9/h3-7,11,17H,1-2H3. The minimum Gasteiger partial charge on any atom is -0.380 e. The molecule has 2 aromatic heterocycles. The second kappa shape index (κ2) is 4.81. The third kappa shape index (κ3) is 2.30. The van der Waals surface area contributed by atoms with E-state index >= 15 is 0 Å². The lowest BCUT2D eigenvalue weighted by atomic mass is 10.2. The fourth-order valence-corrected chi connectivity index (χ4v) is 1.84. The normalized spacial score (nSPS) is 13.0. The van der Waals surface area contributed by atoms with Crippen LogP contribution in [-0.4, -0.2) is 24.9 Å². The molecule has 5 nitrogen and oxygen atoms in total. The van der Waals surface area contributed by atoms with Gasteiger partial charge in [-0.1, -0.05) is 11.6 Å². The second-order valence-electron chi connectivity index (χ2n) is 3.95. The summed E-state index contributed by atoms with van der Waals surface area (Å²) in [5, 5.41) is 14.8. The largest absolute Gasteiger partial charge is 0.380 e. The van der Waals surface area contributed by atoms with Crippen molar-refractivity contribution in [3.05, 3.63) is 41.2 Å². The van der Waals surface area contributed by atoms with E-state index in [1.807, 2.05) is 13.8 Å². The lowest BCUT2D eigenvalue weighted by molar-refractivity contribution is 0.200. The first kappa shape index (κ1) is 12.0. The molecule has 0 spiro atoms. The Bertz CT molecular complexity index is 497. The molecule has 1 atom stereocenters. The van der Waals surface area contributed by atoms with Crippen molar-refractivity contribution in [1.82, 2.24) is 19.7 Å². The van der Waals surface area contributed by atoms with Gasteiger partial charge in [0.2, 0.25) is 0 Å². The van der Waals surface area contributed by atoms with Crippen LogP contribution in [0.3, 0.4) is 0 Å². The molecule has 2 rings (SSSR count). The minimum atomic E-state index is -0.916. The predicted octanol–water partition coefficient (Wildman–Crippen LogP) is 1.99. The van der Waals surface area contributed by atoms with Gasteiger partial charge in [0, 0.05) is 18.4 Å². The number of aliphatic hydroxyl groups is 1. The average Bonchev–Trinajstić information content (AvgIpc) is 2.71. The first-order valence-electron chi connectivity index (χ1n) is 5.28. The van der Waals surface area contributed by atoms with Gasteiger partial charge >= 0.3 is 0 Å². The molecule has 0 aromatic carbocycles. The summed E-state index contributed by atoms with van der Waals surface area (Å²) in [6.45, 7) is 3.94. The topological polar surface area (TPSA) is 63.8 Å². The lowest BCUT2D eigenvalue weighted by Gasteiger charge is -2.15. The molecule has 0 amide bonds. The van der Waals surface area contributed by atoms with Gasteiger partial charge in [-0.25, -0.2) is 0 Å². The van der Waals surface area contributed by atoms with Crippen LogP contribution in [0.2, 0.25) is 5.02 Å². The van der Waals surface area contributed by atoms with Crippen molar-refractivity contribution in [1.29, 1.82) is 0 Å². The molecule has 0 aliphatic carbocycles. The fraction of sp³-hybridized carbons (Fsp3) is 0.364. The van der Waals surface area contributed by atoms with Gasteiger partial charge in [0.25, 0.3) is 0 Å². The van der Waals surface area contributed by atoms with Crippen molar-refractivity contribution >= 4 is 11.6 Å². The molecular formula is C11H13ClN4O. The van der Waals surface area contributed by atoms with E-state index in [0.717, 1.165) is 0 Å². The molecule has 90 valence electrons. The lowest BCUT2D eigenvalue weighted by Crippen LogP contribution is -2.13. The van der Waals surface area contributed by atoms with Crippen LogP contribution in [-0.2, 0) is 0 Å². The Balaban J connectivity index is 2.43. The minimum absolute atomic E-state index is 0.115. The molecule has 0 saturated heterocycles. The van der Waals surface area contributed by atoms with E-state index in [1.54, 1.807) is 10.9 Å². The summed E-state index contributed by atoms with van der Waals surface area (Å²) in [5.74, 6) is 0. The third-order valence-electron chi connectivity index (χ3n) is 2.40. The fourth-order valence-electron chi connectivity index (χ4n) is 1.61. The van der Waals surface area contributed by atoms with E-state index in [9.17, 15) is 5.11 Å². The Morgan fingerprint density at radius 1 is 1.29 bits per heavy atom. The molecule has 6 heteroatoms. The van der Waals surface area contributed by atoms with Gasteiger partial charge in [0.15, 0.2) is 0 Å². The van der Waals surface area contributed by atoms with E-state index in [1.165, 1.54) is 18.6 Å². The first-order chi connectivity index (χ1) is 8.11. The van der Waals surface area contributed by atoms with Crippen molar-refractivity contribution in [3.8, 4) is 0 Å². The summed E-state index contributed by atoms with van der Waals surface area (Å²) in [6, 6.07) is 0.115. The Kier molecular flexibility index (Phi) is 3.40. The van der Waals surface area contributed by atoms with Gasteiger partial charge in [0.05, 0.1) is 28.8 Å². The van der Waals surface area contributed by atoms with Crippen molar-refractivity contribution in [3.63, 3.8) is 0 Å². The number of hydrogen-bond acceptors (Lipinski definition) is 4. The maximum absolute atomic E-state index is 10.2. The van der Waals surface area contributed by atoms with Gasteiger partial charge in [-0.15, -0.1) is 0 Å². The molecular weight excluding hydrogens is 240 g/mol. The van der Waals surface area contributed by atoms with E-state index in [-0.39, 0.29) is 6.04 Å². The van der Waals surface area contributed by atoms with Gasteiger partial charge in [-0.3, -0.25) is 14.6 Å². The van der Waals surface area contributed by atoms with Crippen LogP contribution in [0.25, 0.3) is 0 Å². The summed E-state index contributed by atoms with van der Waals surface area (Å²) in [4.78, 5) is 7.99. The van der Waals surface area contributed by atoms with Gasteiger partial charge in [-0.2, -0.15) is 5.10 Å². The highest BCUT2D eigenvalue weighted by Gasteiger charge is 2.22. The van der Waals surface area contributed by atoms with E-state index in [4.69, 9.17) is 11.6 Å². The van der Waals surface area contributed by atoms with Crippen LogP contribution in [0, 0.1) is 0 Å². The molecule has 1 unspecified atom stereocenters. The van der Waals surface area contributed by atoms with Gasteiger partial charge < -0.3 is 5.11 Å². The number of halogens is 1. The van der Waals surface area contributed by atoms with Crippen LogP contribution >= 0.6 is 11.6 Å². The number of aliphatic hydroxyl groups excluding tert-OH is 1. The zero-order valence-corrected chi connectivity index (χ0v) is 10.3. The number of rotatable bonds is 3. The summed E-state index contributed by atoms with van der Waals surface area (Å²) < 4.78 is 1.68. The molecule has 2 aromatic rings. The maximum Gasteiger partial charge on any atom is 0.141 e. The van der Waals surface area contributed by atoms with Crippen LogP contribution in [0.15, 0.2) is 24.8 Å². The summed E-state index contributed by atoms with van der Waals surface area (Å²) in [5.41, 5.74) is 0.999. The predicted molar refractivity (Wildman–Crippen MR) is 63.7 cm³/mol. The molecule has 17 heavy (non-hydrogen) atoms. The van der Waals surface area contributed by atoms with Crippen LogP contribution < -0.4 is 0 Å². The highest BCUT2D eigenvalue weighted by atomic mass is 35.5. The molecule has 0 bridgehead atoms.